The number of hydrogen-bond acceptors (Lipinski definition) is 4. The summed E-state index contributed by atoms with van der Waals surface area (Å²) in [7, 11) is 0. The van der Waals surface area contributed by atoms with Crippen LogP contribution in [0.15, 0.2) is 34.2 Å². The number of thiocarbonyl (C=S) groups is 1. The quantitative estimate of drug-likeness (QED) is 0.876. The van der Waals surface area contributed by atoms with Crippen LogP contribution in [0.5, 0.6) is 5.75 Å². The Labute approximate surface area is 117 Å². The summed E-state index contributed by atoms with van der Waals surface area (Å²) in [6.45, 7) is 0.426. The highest BCUT2D eigenvalue weighted by Gasteiger charge is 2.08. The van der Waals surface area contributed by atoms with E-state index in [2.05, 4.69) is 20.9 Å². The zero-order valence-corrected chi connectivity index (χ0v) is 11.9. The molecule has 0 amide bonds. The van der Waals surface area contributed by atoms with Crippen molar-refractivity contribution in [3.8, 4) is 5.75 Å². The molecule has 17 heavy (non-hydrogen) atoms. The van der Waals surface area contributed by atoms with Gasteiger partial charge >= 0.3 is 0 Å². The Morgan fingerprint density at radius 1 is 1.53 bits per heavy atom. The van der Waals surface area contributed by atoms with E-state index in [9.17, 15) is 0 Å². The lowest BCUT2D eigenvalue weighted by Crippen LogP contribution is -2.11. The average Bonchev–Trinajstić information content (AvgIpc) is 2.80. The molecule has 0 radical (unpaired) electrons. The van der Waals surface area contributed by atoms with E-state index in [0.29, 0.717) is 17.3 Å². The molecule has 2 aromatic rings. The first kappa shape index (κ1) is 12.5. The van der Waals surface area contributed by atoms with Crippen LogP contribution in [-0.2, 0) is 6.61 Å². The van der Waals surface area contributed by atoms with E-state index in [0.717, 1.165) is 15.0 Å². The van der Waals surface area contributed by atoms with Crippen molar-refractivity contribution in [2.24, 2.45) is 5.73 Å². The molecule has 0 aliphatic rings. The molecule has 2 N–H and O–H groups in total. The van der Waals surface area contributed by atoms with E-state index >= 15 is 0 Å². The van der Waals surface area contributed by atoms with E-state index in [1.54, 1.807) is 17.5 Å². The van der Waals surface area contributed by atoms with Crippen molar-refractivity contribution < 1.29 is 4.74 Å². The highest BCUT2D eigenvalue weighted by molar-refractivity contribution is 9.10. The first-order valence-corrected chi connectivity index (χ1v) is 6.85. The van der Waals surface area contributed by atoms with Crippen LogP contribution in [0, 0.1) is 0 Å². The Morgan fingerprint density at radius 3 is 3.00 bits per heavy atom. The highest BCUT2D eigenvalue weighted by Crippen LogP contribution is 2.24. The summed E-state index contributed by atoms with van der Waals surface area (Å²) in [5.41, 5.74) is 6.38. The van der Waals surface area contributed by atoms with Crippen molar-refractivity contribution in [3.05, 3.63) is 44.8 Å². The second kappa shape index (κ2) is 5.57. The van der Waals surface area contributed by atoms with Crippen LogP contribution in [0.4, 0.5) is 0 Å². The molecule has 3 nitrogen and oxygen atoms in total. The number of nitrogens with two attached hydrogens (primary N) is 1. The zero-order valence-electron chi connectivity index (χ0n) is 8.72. The van der Waals surface area contributed by atoms with Crippen LogP contribution in [0.2, 0.25) is 0 Å². The monoisotopic (exact) mass is 328 g/mol. The normalized spacial score (nSPS) is 10.2. The van der Waals surface area contributed by atoms with Crippen LogP contribution in [0.3, 0.4) is 0 Å². The maximum Gasteiger partial charge on any atom is 0.140 e. The van der Waals surface area contributed by atoms with Gasteiger partial charge in [-0.25, -0.2) is 4.98 Å². The minimum absolute atomic E-state index is 0.320. The lowest BCUT2D eigenvalue weighted by atomic mass is 10.2. The third-order valence-corrected chi connectivity index (χ3v) is 3.51. The Kier molecular flexibility index (Phi) is 4.09. The Hall–Kier alpha value is -0.980. The number of benzene rings is 1. The van der Waals surface area contributed by atoms with Gasteiger partial charge in [0.15, 0.2) is 0 Å². The van der Waals surface area contributed by atoms with Crippen LogP contribution < -0.4 is 10.5 Å². The van der Waals surface area contributed by atoms with Gasteiger partial charge in [0.05, 0.1) is 5.56 Å². The number of aromatic nitrogens is 1. The molecule has 1 aromatic heterocycles. The fraction of sp³-hybridized carbons (Fsp3) is 0.0909. The van der Waals surface area contributed by atoms with Gasteiger partial charge in [-0.15, -0.1) is 11.3 Å². The topological polar surface area (TPSA) is 48.1 Å². The molecule has 0 saturated heterocycles. The molecule has 0 bridgehead atoms. The third-order valence-electron chi connectivity index (χ3n) is 2.04. The van der Waals surface area contributed by atoms with Crippen molar-refractivity contribution in [3.63, 3.8) is 0 Å². The molecule has 1 aromatic carbocycles. The van der Waals surface area contributed by atoms with Crippen molar-refractivity contribution in [2.45, 2.75) is 6.61 Å². The molecular formula is C11H9BrN2OS2. The summed E-state index contributed by atoms with van der Waals surface area (Å²) in [5, 5.41) is 2.83. The summed E-state index contributed by atoms with van der Waals surface area (Å²) in [5.74, 6) is 0.677. The molecule has 0 aliphatic heterocycles. The molecule has 0 spiro atoms. The summed E-state index contributed by atoms with van der Waals surface area (Å²) < 4.78 is 6.58. The zero-order chi connectivity index (χ0) is 12.3. The molecule has 0 aliphatic carbocycles. The first-order chi connectivity index (χ1) is 8.16. The number of nitrogens with zero attached hydrogens (tertiary/aromatic N) is 1. The van der Waals surface area contributed by atoms with Crippen molar-refractivity contribution >= 4 is 44.5 Å². The van der Waals surface area contributed by atoms with E-state index < -0.39 is 0 Å². The minimum atomic E-state index is 0.320. The highest BCUT2D eigenvalue weighted by atomic mass is 79.9. The molecule has 0 unspecified atom stereocenters. The summed E-state index contributed by atoms with van der Waals surface area (Å²) in [6, 6.07) is 5.57. The summed E-state index contributed by atoms with van der Waals surface area (Å²) in [6.07, 6.45) is 1.75. The number of thiazole rings is 1. The van der Waals surface area contributed by atoms with Gasteiger partial charge in [0.25, 0.3) is 0 Å². The van der Waals surface area contributed by atoms with E-state index in [4.69, 9.17) is 22.7 Å². The van der Waals surface area contributed by atoms with Gasteiger partial charge in [-0.2, -0.15) is 0 Å². The van der Waals surface area contributed by atoms with Gasteiger partial charge in [-0.3, -0.25) is 0 Å². The van der Waals surface area contributed by atoms with Gasteiger partial charge in [-0.05, 0) is 18.2 Å². The molecule has 88 valence electrons. The lowest BCUT2D eigenvalue weighted by molar-refractivity contribution is 0.305. The van der Waals surface area contributed by atoms with Gasteiger partial charge in [0, 0.05) is 16.0 Å². The van der Waals surface area contributed by atoms with Gasteiger partial charge in [0.1, 0.15) is 22.4 Å². The molecule has 0 atom stereocenters. The van der Waals surface area contributed by atoms with E-state index in [-0.39, 0.29) is 0 Å². The Balaban J connectivity index is 2.17. The molecule has 6 heteroatoms. The predicted molar refractivity (Wildman–Crippen MR) is 76.5 cm³/mol. The maximum atomic E-state index is 5.66. The van der Waals surface area contributed by atoms with Crippen LogP contribution in [0.1, 0.15) is 10.6 Å². The first-order valence-electron chi connectivity index (χ1n) is 4.77. The number of rotatable bonds is 4. The van der Waals surface area contributed by atoms with E-state index in [1.807, 2.05) is 23.6 Å². The largest absolute Gasteiger partial charge is 0.486 e. The minimum Gasteiger partial charge on any atom is -0.486 e. The smallest absolute Gasteiger partial charge is 0.140 e. The molecule has 0 saturated carbocycles. The molecule has 0 fully saturated rings. The number of ether oxygens (including phenoxy) is 1. The maximum absolute atomic E-state index is 5.66. The summed E-state index contributed by atoms with van der Waals surface area (Å²) in [4.78, 5) is 4.46. The van der Waals surface area contributed by atoms with Crippen molar-refractivity contribution in [2.75, 3.05) is 0 Å². The fourth-order valence-electron chi connectivity index (χ4n) is 1.28. The standard InChI is InChI=1S/C11H9BrN2OS2/c12-7-1-2-9(8(5-7)11(13)16)15-6-10-14-3-4-17-10/h1-5H,6H2,(H2,13,16). The Bertz CT molecular complexity index is 528. The second-order valence-electron chi connectivity index (χ2n) is 3.22. The summed E-state index contributed by atoms with van der Waals surface area (Å²) >= 11 is 9.91. The fourth-order valence-corrected chi connectivity index (χ4v) is 2.33. The average molecular weight is 329 g/mol. The number of hydrogen-bond donors (Lipinski definition) is 1. The van der Waals surface area contributed by atoms with Gasteiger partial charge < -0.3 is 10.5 Å². The number of halogens is 1. The van der Waals surface area contributed by atoms with Crippen LogP contribution in [-0.4, -0.2) is 9.97 Å². The van der Waals surface area contributed by atoms with Gasteiger partial charge in [0.2, 0.25) is 0 Å². The van der Waals surface area contributed by atoms with Gasteiger partial charge in [-0.1, -0.05) is 28.1 Å². The Morgan fingerprint density at radius 2 is 2.35 bits per heavy atom. The molecule has 1 heterocycles. The predicted octanol–water partition coefficient (Wildman–Crippen LogP) is 3.12. The van der Waals surface area contributed by atoms with E-state index in [1.165, 1.54) is 0 Å². The molecule has 2 rings (SSSR count). The molecular weight excluding hydrogens is 320 g/mol. The lowest BCUT2D eigenvalue weighted by Gasteiger charge is -2.09. The SMILES string of the molecule is NC(=S)c1cc(Br)ccc1OCc1nccs1. The van der Waals surface area contributed by atoms with Crippen molar-refractivity contribution in [1.82, 2.24) is 4.98 Å². The van der Waals surface area contributed by atoms with Crippen LogP contribution >= 0.6 is 39.5 Å². The van der Waals surface area contributed by atoms with Crippen molar-refractivity contribution in [1.29, 1.82) is 0 Å². The second-order valence-corrected chi connectivity index (χ2v) is 5.55. The third kappa shape index (κ3) is 3.24. The van der Waals surface area contributed by atoms with Crippen LogP contribution in [0.25, 0.3) is 0 Å².